The molecule has 1 amide bonds. The highest BCUT2D eigenvalue weighted by Crippen LogP contribution is 2.43. The summed E-state index contributed by atoms with van der Waals surface area (Å²) < 4.78 is 6.23. The van der Waals surface area contributed by atoms with E-state index in [0.717, 1.165) is 38.6 Å². The second-order valence-corrected chi connectivity index (χ2v) is 9.16. The molecule has 0 bridgehead atoms. The molecule has 0 aromatic heterocycles. The predicted octanol–water partition coefficient (Wildman–Crippen LogP) is 6.50. The summed E-state index contributed by atoms with van der Waals surface area (Å²) >= 11 is 0. The molecule has 3 nitrogen and oxygen atoms in total. The lowest BCUT2D eigenvalue weighted by Gasteiger charge is -2.42. The summed E-state index contributed by atoms with van der Waals surface area (Å²) in [5.74, 6) is 0.348. The minimum Gasteiger partial charge on any atom is -0.446 e. The maximum Gasteiger partial charge on any atom is 0.410 e. The molecule has 0 N–H and O–H groups in total. The summed E-state index contributed by atoms with van der Waals surface area (Å²) in [6.45, 7) is 5.40. The third-order valence-corrected chi connectivity index (χ3v) is 7.07. The van der Waals surface area contributed by atoms with Crippen molar-refractivity contribution in [3.8, 4) is 0 Å². The van der Waals surface area contributed by atoms with Crippen LogP contribution >= 0.6 is 0 Å². The van der Waals surface area contributed by atoms with Gasteiger partial charge in [0, 0.05) is 12.5 Å². The molecular formula is C26H33NO2. The van der Waals surface area contributed by atoms with E-state index < -0.39 is 0 Å². The molecule has 0 unspecified atom stereocenters. The van der Waals surface area contributed by atoms with E-state index in [1.807, 2.05) is 11.0 Å². The molecule has 29 heavy (non-hydrogen) atoms. The topological polar surface area (TPSA) is 29.5 Å². The predicted molar refractivity (Wildman–Crippen MR) is 117 cm³/mol. The normalized spacial score (nSPS) is 25.0. The Bertz CT molecular complexity index is 802. The molecule has 3 heteroatoms. The molecule has 2 fully saturated rings. The number of carbonyl (C=O) groups is 1. The fraction of sp³-hybridized carbons (Fsp3) is 0.500. The highest BCUT2D eigenvalue weighted by Gasteiger charge is 2.41. The van der Waals surface area contributed by atoms with Crippen LogP contribution in [0, 0.1) is 5.92 Å². The summed E-state index contributed by atoms with van der Waals surface area (Å²) in [6, 6.07) is 21.2. The second-order valence-electron chi connectivity index (χ2n) is 9.16. The van der Waals surface area contributed by atoms with Crippen LogP contribution in [0.5, 0.6) is 0 Å². The van der Waals surface area contributed by atoms with E-state index in [4.69, 9.17) is 4.74 Å². The van der Waals surface area contributed by atoms with E-state index in [0.29, 0.717) is 5.92 Å². The molecule has 1 saturated heterocycles. The van der Waals surface area contributed by atoms with Crippen molar-refractivity contribution in [2.75, 3.05) is 6.54 Å². The van der Waals surface area contributed by atoms with Crippen molar-refractivity contribution in [3.05, 3.63) is 71.8 Å². The van der Waals surface area contributed by atoms with Gasteiger partial charge in [0.05, 0.1) is 6.04 Å². The molecular weight excluding hydrogens is 358 g/mol. The number of benzene rings is 2. The lowest BCUT2D eigenvalue weighted by molar-refractivity contribution is -0.00791. The van der Waals surface area contributed by atoms with Crippen LogP contribution < -0.4 is 0 Å². The molecule has 2 aliphatic rings. The van der Waals surface area contributed by atoms with Crippen LogP contribution in [0.1, 0.15) is 69.5 Å². The maximum atomic E-state index is 13.2. The van der Waals surface area contributed by atoms with Gasteiger partial charge < -0.3 is 9.64 Å². The number of hydrogen-bond donors (Lipinski definition) is 0. The fourth-order valence-corrected chi connectivity index (χ4v) is 5.35. The largest absolute Gasteiger partial charge is 0.446 e. The smallest absolute Gasteiger partial charge is 0.410 e. The first-order chi connectivity index (χ1) is 14.1. The van der Waals surface area contributed by atoms with Gasteiger partial charge in [0.15, 0.2) is 0 Å². The van der Waals surface area contributed by atoms with Crippen molar-refractivity contribution in [1.29, 1.82) is 0 Å². The summed E-state index contributed by atoms with van der Waals surface area (Å²) in [7, 11) is 0. The van der Waals surface area contributed by atoms with Gasteiger partial charge in [0.1, 0.15) is 6.10 Å². The summed E-state index contributed by atoms with van der Waals surface area (Å²) in [6.07, 6.45) is 6.35. The minimum atomic E-state index is -0.128. The van der Waals surface area contributed by atoms with Gasteiger partial charge >= 0.3 is 6.09 Å². The molecule has 154 valence electrons. The number of amides is 1. The van der Waals surface area contributed by atoms with E-state index in [2.05, 4.69) is 68.4 Å². The minimum absolute atomic E-state index is 0.0107. The highest BCUT2D eigenvalue weighted by molar-refractivity contribution is 5.69. The first-order valence-corrected chi connectivity index (χ1v) is 11.1. The molecule has 2 aromatic carbocycles. The Kier molecular flexibility index (Phi) is 5.94. The number of ether oxygens (including phenoxy) is 1. The number of hydrogen-bond acceptors (Lipinski definition) is 2. The van der Waals surface area contributed by atoms with E-state index in [1.165, 1.54) is 17.5 Å². The Morgan fingerprint density at radius 1 is 0.897 bits per heavy atom. The van der Waals surface area contributed by atoms with Crippen molar-refractivity contribution in [2.45, 2.75) is 69.9 Å². The quantitative estimate of drug-likeness (QED) is 0.595. The van der Waals surface area contributed by atoms with Gasteiger partial charge in [-0.1, -0.05) is 80.9 Å². The first-order valence-electron chi connectivity index (χ1n) is 11.1. The maximum absolute atomic E-state index is 13.2. The standard InChI is InChI=1S/C26H33NO2/c1-26(2,21-14-7-4-8-15-21)22-16-9-10-18-24(22)29-25(28)27-19-11-17-23(27)20-12-5-3-6-13-20/h3-8,12-15,22-24H,9-11,16-19H2,1-2H3/t22-,23-,24-/m1/s1. The molecule has 4 rings (SSSR count). The van der Waals surface area contributed by atoms with Crippen LogP contribution in [0.4, 0.5) is 4.79 Å². The Labute approximate surface area is 175 Å². The average molecular weight is 392 g/mol. The van der Waals surface area contributed by atoms with E-state index in [9.17, 15) is 4.79 Å². The Hall–Kier alpha value is -2.29. The highest BCUT2D eigenvalue weighted by atomic mass is 16.6. The number of nitrogens with zero attached hydrogens (tertiary/aromatic N) is 1. The molecule has 0 spiro atoms. The summed E-state index contributed by atoms with van der Waals surface area (Å²) in [5.41, 5.74) is 2.53. The molecule has 1 aliphatic heterocycles. The molecule has 0 radical (unpaired) electrons. The Morgan fingerprint density at radius 2 is 1.55 bits per heavy atom. The van der Waals surface area contributed by atoms with Gasteiger partial charge in [-0.25, -0.2) is 4.79 Å². The van der Waals surface area contributed by atoms with Crippen molar-refractivity contribution >= 4 is 6.09 Å². The zero-order valence-corrected chi connectivity index (χ0v) is 17.7. The molecule has 3 atom stereocenters. The second kappa shape index (κ2) is 8.61. The number of carbonyl (C=O) groups excluding carboxylic acids is 1. The average Bonchev–Trinajstić information content (AvgIpc) is 3.25. The van der Waals surface area contributed by atoms with Crippen molar-refractivity contribution in [2.24, 2.45) is 5.92 Å². The van der Waals surface area contributed by atoms with Crippen LogP contribution in [0.3, 0.4) is 0 Å². The zero-order valence-electron chi connectivity index (χ0n) is 17.7. The van der Waals surface area contributed by atoms with Crippen LogP contribution in [0.15, 0.2) is 60.7 Å². The third kappa shape index (κ3) is 4.19. The summed E-state index contributed by atoms with van der Waals surface area (Å²) in [4.78, 5) is 15.2. The van der Waals surface area contributed by atoms with Crippen LogP contribution in [-0.4, -0.2) is 23.6 Å². The van der Waals surface area contributed by atoms with Crippen molar-refractivity contribution < 1.29 is 9.53 Å². The van der Waals surface area contributed by atoms with Crippen molar-refractivity contribution in [1.82, 2.24) is 4.90 Å². The number of rotatable bonds is 4. The van der Waals surface area contributed by atoms with E-state index in [1.54, 1.807) is 0 Å². The van der Waals surface area contributed by atoms with Crippen LogP contribution in [0.2, 0.25) is 0 Å². The summed E-state index contributed by atoms with van der Waals surface area (Å²) in [5, 5.41) is 0. The molecule has 1 heterocycles. The van der Waals surface area contributed by atoms with Gasteiger partial charge in [-0.3, -0.25) is 0 Å². The Balaban J connectivity index is 1.50. The van der Waals surface area contributed by atoms with Gasteiger partial charge in [0.25, 0.3) is 0 Å². The van der Waals surface area contributed by atoms with Gasteiger partial charge in [-0.15, -0.1) is 0 Å². The lowest BCUT2D eigenvalue weighted by Crippen LogP contribution is -2.44. The SMILES string of the molecule is CC(C)(c1ccccc1)[C@@H]1CCCC[C@H]1OC(=O)N1CCC[C@@H]1c1ccccc1. The van der Waals surface area contributed by atoms with Gasteiger partial charge in [-0.2, -0.15) is 0 Å². The van der Waals surface area contributed by atoms with Crippen molar-refractivity contribution in [3.63, 3.8) is 0 Å². The van der Waals surface area contributed by atoms with Crippen LogP contribution in [-0.2, 0) is 10.2 Å². The van der Waals surface area contributed by atoms with E-state index >= 15 is 0 Å². The molecule has 2 aromatic rings. The number of likely N-dealkylation sites (tertiary alicyclic amines) is 1. The molecule has 1 saturated carbocycles. The Morgan fingerprint density at radius 3 is 2.28 bits per heavy atom. The third-order valence-electron chi connectivity index (χ3n) is 7.07. The lowest BCUT2D eigenvalue weighted by atomic mass is 9.66. The van der Waals surface area contributed by atoms with E-state index in [-0.39, 0.29) is 23.7 Å². The van der Waals surface area contributed by atoms with Gasteiger partial charge in [0.2, 0.25) is 0 Å². The van der Waals surface area contributed by atoms with Crippen LogP contribution in [0.25, 0.3) is 0 Å². The zero-order chi connectivity index (χ0) is 20.3. The monoisotopic (exact) mass is 391 g/mol. The molecule has 1 aliphatic carbocycles. The van der Waals surface area contributed by atoms with Gasteiger partial charge in [-0.05, 0) is 48.6 Å². The first kappa shape index (κ1) is 20.0. The fourth-order valence-electron chi connectivity index (χ4n) is 5.35.